The summed E-state index contributed by atoms with van der Waals surface area (Å²) < 4.78 is 1.54. The van der Waals surface area contributed by atoms with Crippen LogP contribution in [-0.4, -0.2) is 49.6 Å². The van der Waals surface area contributed by atoms with Crippen molar-refractivity contribution in [2.24, 2.45) is 5.92 Å². The molecule has 0 atom stereocenters. The zero-order chi connectivity index (χ0) is 22.4. The number of fused-ring (bicyclic) bond motifs is 1. The van der Waals surface area contributed by atoms with E-state index in [4.69, 9.17) is 0 Å². The first kappa shape index (κ1) is 19.9. The molecule has 0 spiro atoms. The molecule has 11 heteroatoms. The minimum absolute atomic E-state index is 0.0656. The number of aromatic nitrogens is 4. The average molecular weight is 450 g/mol. The van der Waals surface area contributed by atoms with Crippen molar-refractivity contribution in [1.82, 2.24) is 19.5 Å². The average Bonchev–Trinajstić information content (AvgIpc) is 3.40. The molecule has 0 aliphatic carbocycles. The lowest BCUT2D eigenvalue weighted by Gasteiger charge is -2.39. The number of carbonyl (C=O) groups excluding carboxylic acids is 1. The molecule has 5 rings (SSSR count). The molecule has 0 saturated carbocycles. The number of aromatic amines is 1. The fourth-order valence-corrected chi connectivity index (χ4v) is 4.37. The molecule has 162 valence electrons. The number of carboxylic acids is 1. The third kappa shape index (κ3) is 3.32. The van der Waals surface area contributed by atoms with Gasteiger partial charge in [-0.2, -0.15) is 0 Å². The van der Waals surface area contributed by atoms with E-state index in [0.717, 1.165) is 5.69 Å². The zero-order valence-electron chi connectivity index (χ0n) is 16.9. The number of aromatic carboxylic acids is 1. The molecule has 1 aliphatic heterocycles. The highest BCUT2D eigenvalue weighted by Crippen LogP contribution is 2.29. The van der Waals surface area contributed by atoms with Crippen molar-refractivity contribution in [2.75, 3.05) is 23.3 Å². The molecular weight excluding hydrogens is 432 g/mol. The van der Waals surface area contributed by atoms with Gasteiger partial charge in [-0.05, 0) is 24.6 Å². The maximum absolute atomic E-state index is 12.8. The van der Waals surface area contributed by atoms with Crippen LogP contribution < -0.4 is 15.6 Å². The number of nitrogens with zero attached hydrogens (tertiary/aromatic N) is 4. The molecule has 5 heterocycles. The fourth-order valence-electron chi connectivity index (χ4n) is 3.75. The number of aryl methyl sites for hydroxylation is 1. The predicted octanol–water partition coefficient (Wildman–Crippen LogP) is 2.25. The molecule has 0 radical (unpaired) electrons. The summed E-state index contributed by atoms with van der Waals surface area (Å²) in [6, 6.07) is 3.54. The molecule has 1 amide bonds. The van der Waals surface area contributed by atoms with Crippen molar-refractivity contribution in [2.45, 2.75) is 6.92 Å². The van der Waals surface area contributed by atoms with Crippen molar-refractivity contribution in [3.8, 4) is 5.13 Å². The van der Waals surface area contributed by atoms with Gasteiger partial charge in [0.25, 0.3) is 0 Å². The third-order valence-corrected chi connectivity index (χ3v) is 6.21. The van der Waals surface area contributed by atoms with Gasteiger partial charge in [0.2, 0.25) is 11.3 Å². The highest BCUT2D eigenvalue weighted by molar-refractivity contribution is 7.12. The van der Waals surface area contributed by atoms with E-state index in [1.807, 2.05) is 4.90 Å². The highest BCUT2D eigenvalue weighted by atomic mass is 32.1. The van der Waals surface area contributed by atoms with E-state index >= 15 is 0 Å². The van der Waals surface area contributed by atoms with E-state index in [2.05, 4.69) is 20.3 Å². The minimum atomic E-state index is -1.30. The van der Waals surface area contributed by atoms with Crippen LogP contribution in [0.15, 0.2) is 47.1 Å². The van der Waals surface area contributed by atoms with Gasteiger partial charge in [0.05, 0.1) is 17.0 Å². The molecule has 10 nitrogen and oxygen atoms in total. The number of amides is 1. The standard InChI is InChI=1S/C21H18N6O4S/c1-11-6-15(26-8-12(9-26)19(29)24-13-2-3-22-7-13)25-18-16(11)17(28)14(20(30)31)10-27(18)21-23-4-5-32-21/h2-7,10,12,22H,8-9H2,1H3,(H,24,29)(H,30,31). The van der Waals surface area contributed by atoms with E-state index in [1.165, 1.54) is 22.1 Å². The topological polar surface area (TPSA) is 133 Å². The Hall–Kier alpha value is -3.99. The summed E-state index contributed by atoms with van der Waals surface area (Å²) in [6.45, 7) is 2.73. The Balaban J connectivity index is 1.50. The largest absolute Gasteiger partial charge is 0.477 e. The quantitative estimate of drug-likeness (QED) is 0.425. The monoisotopic (exact) mass is 450 g/mol. The molecule has 4 aromatic heterocycles. The molecule has 4 aromatic rings. The SMILES string of the molecule is Cc1cc(N2CC(C(=O)Nc3cc[nH]c3)C2)nc2c1c(=O)c(C(=O)O)cn2-c1nccs1. The number of carboxylic acid groups (broad SMARTS) is 1. The molecular formula is C21H18N6O4S. The van der Waals surface area contributed by atoms with E-state index in [0.29, 0.717) is 35.2 Å². The minimum Gasteiger partial charge on any atom is -0.477 e. The number of nitrogens with one attached hydrogen (secondary N) is 2. The summed E-state index contributed by atoms with van der Waals surface area (Å²) in [7, 11) is 0. The Morgan fingerprint density at radius 1 is 1.34 bits per heavy atom. The van der Waals surface area contributed by atoms with Crippen LogP contribution in [0.2, 0.25) is 0 Å². The van der Waals surface area contributed by atoms with Crippen LogP contribution in [0.3, 0.4) is 0 Å². The number of H-pyrrole nitrogens is 1. The summed E-state index contributed by atoms with van der Waals surface area (Å²) in [5.41, 5.74) is 0.753. The molecule has 0 bridgehead atoms. The second kappa shape index (κ2) is 7.61. The molecule has 1 saturated heterocycles. The Labute approximate surface area is 185 Å². The number of hydrogen-bond donors (Lipinski definition) is 3. The Kier molecular flexibility index (Phi) is 4.74. The summed E-state index contributed by atoms with van der Waals surface area (Å²) in [5, 5.41) is 14.9. The summed E-state index contributed by atoms with van der Waals surface area (Å²) >= 11 is 1.31. The Bertz CT molecular complexity index is 1390. The Morgan fingerprint density at radius 3 is 2.81 bits per heavy atom. The normalized spacial score (nSPS) is 13.8. The zero-order valence-corrected chi connectivity index (χ0v) is 17.7. The first-order valence-corrected chi connectivity index (χ1v) is 10.7. The van der Waals surface area contributed by atoms with Gasteiger partial charge in [-0.25, -0.2) is 14.8 Å². The van der Waals surface area contributed by atoms with Gasteiger partial charge < -0.3 is 20.3 Å². The van der Waals surface area contributed by atoms with E-state index in [9.17, 15) is 19.5 Å². The summed E-state index contributed by atoms with van der Waals surface area (Å²) in [5.74, 6) is -0.930. The molecule has 0 aromatic carbocycles. The lowest BCUT2D eigenvalue weighted by molar-refractivity contribution is -0.120. The molecule has 3 N–H and O–H groups in total. The predicted molar refractivity (Wildman–Crippen MR) is 120 cm³/mol. The van der Waals surface area contributed by atoms with Gasteiger partial charge >= 0.3 is 5.97 Å². The second-order valence-corrected chi connectivity index (χ2v) is 8.42. The van der Waals surface area contributed by atoms with Crippen molar-refractivity contribution in [3.63, 3.8) is 0 Å². The van der Waals surface area contributed by atoms with Gasteiger partial charge in [-0.15, -0.1) is 11.3 Å². The number of rotatable bonds is 5. The van der Waals surface area contributed by atoms with Crippen molar-refractivity contribution >= 4 is 45.8 Å². The van der Waals surface area contributed by atoms with Crippen molar-refractivity contribution in [1.29, 1.82) is 0 Å². The lowest BCUT2D eigenvalue weighted by Crippen LogP contribution is -2.52. The van der Waals surface area contributed by atoms with E-state index in [-0.39, 0.29) is 22.8 Å². The van der Waals surface area contributed by atoms with Crippen LogP contribution in [0.4, 0.5) is 11.5 Å². The van der Waals surface area contributed by atoms with Gasteiger partial charge in [-0.3, -0.25) is 14.2 Å². The first-order valence-electron chi connectivity index (χ1n) is 9.81. The van der Waals surface area contributed by atoms with E-state index < -0.39 is 11.4 Å². The molecule has 0 unspecified atom stereocenters. The summed E-state index contributed by atoms with van der Waals surface area (Å²) in [6.07, 6.45) is 6.32. The second-order valence-electron chi connectivity index (χ2n) is 7.55. The van der Waals surface area contributed by atoms with Crippen LogP contribution in [0.1, 0.15) is 15.9 Å². The number of anilines is 2. The van der Waals surface area contributed by atoms with Crippen LogP contribution in [0, 0.1) is 12.8 Å². The van der Waals surface area contributed by atoms with Gasteiger partial charge in [-0.1, -0.05) is 0 Å². The van der Waals surface area contributed by atoms with Crippen molar-refractivity contribution in [3.05, 3.63) is 63.7 Å². The van der Waals surface area contributed by atoms with Gasteiger partial charge in [0, 0.05) is 43.3 Å². The summed E-state index contributed by atoms with van der Waals surface area (Å²) in [4.78, 5) is 50.7. The van der Waals surface area contributed by atoms with Crippen molar-refractivity contribution < 1.29 is 14.7 Å². The van der Waals surface area contributed by atoms with Crippen LogP contribution in [-0.2, 0) is 4.79 Å². The van der Waals surface area contributed by atoms with Crippen LogP contribution >= 0.6 is 11.3 Å². The van der Waals surface area contributed by atoms with Crippen LogP contribution in [0.25, 0.3) is 16.2 Å². The number of hydrogen-bond acceptors (Lipinski definition) is 7. The first-order chi connectivity index (χ1) is 15.4. The lowest BCUT2D eigenvalue weighted by atomic mass is 9.98. The van der Waals surface area contributed by atoms with Gasteiger partial charge in [0.15, 0.2) is 10.8 Å². The maximum Gasteiger partial charge on any atom is 0.341 e. The molecule has 1 aliphatic rings. The highest BCUT2D eigenvalue weighted by Gasteiger charge is 2.34. The van der Waals surface area contributed by atoms with E-state index in [1.54, 1.807) is 43.0 Å². The number of pyridine rings is 2. The molecule has 32 heavy (non-hydrogen) atoms. The Morgan fingerprint density at radius 2 is 2.16 bits per heavy atom. The number of thiazole rings is 1. The third-order valence-electron chi connectivity index (χ3n) is 5.44. The van der Waals surface area contributed by atoms with Gasteiger partial charge in [0.1, 0.15) is 11.4 Å². The van der Waals surface area contributed by atoms with Crippen LogP contribution in [0.5, 0.6) is 0 Å². The number of carbonyl (C=O) groups is 2. The fraction of sp³-hybridized carbons (Fsp3) is 0.190. The smallest absolute Gasteiger partial charge is 0.341 e. The maximum atomic E-state index is 12.8. The molecule has 1 fully saturated rings.